The van der Waals surface area contributed by atoms with E-state index in [-0.39, 0.29) is 11.9 Å². The smallest absolute Gasteiger partial charge is 0.270 e. The van der Waals surface area contributed by atoms with Gasteiger partial charge >= 0.3 is 0 Å². The summed E-state index contributed by atoms with van der Waals surface area (Å²) < 4.78 is 3.08. The third-order valence-electron chi connectivity index (χ3n) is 4.16. The second kappa shape index (κ2) is 5.68. The van der Waals surface area contributed by atoms with Crippen molar-refractivity contribution in [2.45, 2.75) is 31.8 Å². The van der Waals surface area contributed by atoms with Crippen molar-refractivity contribution in [2.24, 2.45) is 0 Å². The molecule has 0 spiro atoms. The second-order valence-corrected chi connectivity index (χ2v) is 6.60. The van der Waals surface area contributed by atoms with Crippen LogP contribution in [0.1, 0.15) is 47.9 Å². The Morgan fingerprint density at radius 3 is 2.62 bits per heavy atom. The van der Waals surface area contributed by atoms with E-state index >= 15 is 0 Å². The van der Waals surface area contributed by atoms with Crippen molar-refractivity contribution in [3.05, 3.63) is 58.3 Å². The summed E-state index contributed by atoms with van der Waals surface area (Å²) in [5, 5.41) is 0. The van der Waals surface area contributed by atoms with Gasteiger partial charge in [-0.3, -0.25) is 4.79 Å². The summed E-state index contributed by atoms with van der Waals surface area (Å²) >= 11 is 3.49. The molecule has 1 saturated carbocycles. The highest BCUT2D eigenvalue weighted by atomic mass is 79.9. The maximum Gasteiger partial charge on any atom is 0.270 e. The number of hydrogen-bond acceptors (Lipinski definition) is 1. The molecule has 0 N–H and O–H groups in total. The molecule has 0 saturated heterocycles. The van der Waals surface area contributed by atoms with Gasteiger partial charge in [-0.2, -0.15) is 0 Å². The van der Waals surface area contributed by atoms with Crippen LogP contribution in [0.3, 0.4) is 0 Å². The highest BCUT2D eigenvalue weighted by molar-refractivity contribution is 9.10. The van der Waals surface area contributed by atoms with Gasteiger partial charge in [0.2, 0.25) is 0 Å². The lowest BCUT2D eigenvalue weighted by Gasteiger charge is -2.26. The van der Waals surface area contributed by atoms with E-state index in [0.717, 1.165) is 15.7 Å². The van der Waals surface area contributed by atoms with Crippen LogP contribution in [0.5, 0.6) is 0 Å². The number of aromatic nitrogens is 1. The van der Waals surface area contributed by atoms with Crippen LogP contribution in [0.15, 0.2) is 47.1 Å². The molecule has 0 aliphatic heterocycles. The zero-order valence-electron chi connectivity index (χ0n) is 12.3. The van der Waals surface area contributed by atoms with Crippen molar-refractivity contribution in [1.82, 2.24) is 9.47 Å². The van der Waals surface area contributed by atoms with E-state index in [1.807, 2.05) is 42.4 Å². The van der Waals surface area contributed by atoms with E-state index in [0.29, 0.717) is 6.04 Å². The third kappa shape index (κ3) is 2.91. The summed E-state index contributed by atoms with van der Waals surface area (Å²) in [5.74, 6) is 0.0731. The highest BCUT2D eigenvalue weighted by Gasteiger charge is 2.29. The molecule has 3 rings (SSSR count). The first-order valence-electron chi connectivity index (χ1n) is 7.27. The molecular formula is C17H19BrN2O. The van der Waals surface area contributed by atoms with Gasteiger partial charge in [-0.1, -0.05) is 30.3 Å². The summed E-state index contributed by atoms with van der Waals surface area (Å²) in [5.41, 5.74) is 1.92. The number of nitrogens with zero attached hydrogens (tertiary/aromatic N) is 2. The predicted molar refractivity (Wildman–Crippen MR) is 87.4 cm³/mol. The van der Waals surface area contributed by atoms with Gasteiger partial charge in [0.1, 0.15) is 5.69 Å². The maximum atomic E-state index is 12.8. The zero-order chi connectivity index (χ0) is 15.0. The molecule has 1 aromatic heterocycles. The summed E-state index contributed by atoms with van der Waals surface area (Å²) in [6.45, 7) is 2.06. The molecule has 1 aliphatic carbocycles. The first kappa shape index (κ1) is 14.4. The molecule has 1 fully saturated rings. The number of halogens is 1. The van der Waals surface area contributed by atoms with Gasteiger partial charge in [0.05, 0.1) is 6.04 Å². The van der Waals surface area contributed by atoms with E-state index in [4.69, 9.17) is 0 Å². The lowest BCUT2D eigenvalue weighted by molar-refractivity contribution is 0.0731. The fourth-order valence-corrected chi connectivity index (χ4v) is 3.02. The normalized spacial score (nSPS) is 15.8. The molecule has 1 unspecified atom stereocenters. The van der Waals surface area contributed by atoms with Gasteiger partial charge in [0.25, 0.3) is 5.91 Å². The lowest BCUT2D eigenvalue weighted by Crippen LogP contribution is -2.31. The Bertz CT molecular complexity index is 646. The molecule has 2 aromatic rings. The molecular weight excluding hydrogens is 328 g/mol. The minimum atomic E-state index is 0.0556. The highest BCUT2D eigenvalue weighted by Crippen LogP contribution is 2.38. The van der Waals surface area contributed by atoms with Gasteiger partial charge in [-0.05, 0) is 47.3 Å². The quantitative estimate of drug-likeness (QED) is 0.804. The largest absolute Gasteiger partial charge is 0.339 e. The van der Waals surface area contributed by atoms with Crippen LogP contribution in [-0.2, 0) is 0 Å². The second-order valence-electron chi connectivity index (χ2n) is 5.68. The minimum Gasteiger partial charge on any atom is -0.339 e. The van der Waals surface area contributed by atoms with Gasteiger partial charge in [-0.25, -0.2) is 0 Å². The number of benzene rings is 1. The van der Waals surface area contributed by atoms with Crippen LogP contribution in [0.4, 0.5) is 0 Å². The number of hydrogen-bond donors (Lipinski definition) is 0. The molecule has 0 bridgehead atoms. The lowest BCUT2D eigenvalue weighted by atomic mass is 10.1. The first-order chi connectivity index (χ1) is 10.1. The fourth-order valence-electron chi connectivity index (χ4n) is 2.58. The van der Waals surface area contributed by atoms with Crippen molar-refractivity contribution >= 4 is 21.8 Å². The van der Waals surface area contributed by atoms with Crippen molar-refractivity contribution in [3.63, 3.8) is 0 Å². The Morgan fingerprint density at radius 1 is 1.33 bits per heavy atom. The van der Waals surface area contributed by atoms with Gasteiger partial charge in [0.15, 0.2) is 0 Å². The van der Waals surface area contributed by atoms with Crippen LogP contribution in [0, 0.1) is 0 Å². The monoisotopic (exact) mass is 346 g/mol. The standard InChI is InChI=1S/C17H19BrN2O/c1-12(13-6-4-3-5-7-13)19(2)17(21)16-10-14(18)11-20(16)15-8-9-15/h3-7,10-12,15H,8-9H2,1-2H3. The molecule has 4 heteroatoms. The van der Waals surface area contributed by atoms with Crippen LogP contribution < -0.4 is 0 Å². The number of carbonyl (C=O) groups excluding carboxylic acids is 1. The van der Waals surface area contributed by atoms with Gasteiger partial charge < -0.3 is 9.47 Å². The molecule has 110 valence electrons. The Balaban J connectivity index is 1.84. The van der Waals surface area contributed by atoms with E-state index < -0.39 is 0 Å². The Hall–Kier alpha value is -1.55. The number of carbonyl (C=O) groups is 1. The van der Waals surface area contributed by atoms with Crippen molar-refractivity contribution in [1.29, 1.82) is 0 Å². The van der Waals surface area contributed by atoms with Crippen LogP contribution in [0.25, 0.3) is 0 Å². The van der Waals surface area contributed by atoms with E-state index in [1.54, 1.807) is 0 Å². The Morgan fingerprint density at radius 2 is 2.00 bits per heavy atom. The molecule has 1 heterocycles. The predicted octanol–water partition coefficient (Wildman–Crippen LogP) is 4.42. The van der Waals surface area contributed by atoms with E-state index in [2.05, 4.69) is 39.6 Å². The molecule has 1 atom stereocenters. The van der Waals surface area contributed by atoms with E-state index in [9.17, 15) is 4.79 Å². The molecule has 3 nitrogen and oxygen atoms in total. The molecule has 1 aromatic carbocycles. The van der Waals surface area contributed by atoms with Crippen LogP contribution in [-0.4, -0.2) is 22.4 Å². The number of rotatable bonds is 4. The summed E-state index contributed by atoms with van der Waals surface area (Å²) in [7, 11) is 1.87. The molecule has 21 heavy (non-hydrogen) atoms. The number of amides is 1. The third-order valence-corrected chi connectivity index (χ3v) is 4.59. The SMILES string of the molecule is CC(c1ccccc1)N(C)C(=O)c1cc(Br)cn1C1CC1. The topological polar surface area (TPSA) is 25.2 Å². The molecule has 1 amide bonds. The average Bonchev–Trinajstić information content (AvgIpc) is 3.28. The van der Waals surface area contributed by atoms with Crippen molar-refractivity contribution < 1.29 is 4.79 Å². The molecule has 0 radical (unpaired) electrons. The summed E-state index contributed by atoms with van der Waals surface area (Å²) in [4.78, 5) is 14.6. The average molecular weight is 347 g/mol. The maximum absolute atomic E-state index is 12.8. The van der Waals surface area contributed by atoms with Crippen LogP contribution in [0.2, 0.25) is 0 Å². The zero-order valence-corrected chi connectivity index (χ0v) is 13.9. The minimum absolute atomic E-state index is 0.0556. The fraction of sp³-hybridized carbons (Fsp3) is 0.353. The van der Waals surface area contributed by atoms with E-state index in [1.165, 1.54) is 12.8 Å². The molecule has 1 aliphatic rings. The van der Waals surface area contributed by atoms with Crippen LogP contribution >= 0.6 is 15.9 Å². The van der Waals surface area contributed by atoms with Crippen molar-refractivity contribution in [2.75, 3.05) is 7.05 Å². The summed E-state index contributed by atoms with van der Waals surface area (Å²) in [6, 6.07) is 12.6. The van der Waals surface area contributed by atoms with Gasteiger partial charge in [0, 0.05) is 23.8 Å². The Kier molecular flexibility index (Phi) is 3.89. The van der Waals surface area contributed by atoms with Gasteiger partial charge in [-0.15, -0.1) is 0 Å². The Labute approximate surface area is 133 Å². The first-order valence-corrected chi connectivity index (χ1v) is 8.06. The summed E-state index contributed by atoms with van der Waals surface area (Å²) in [6.07, 6.45) is 4.35. The van der Waals surface area contributed by atoms with Crippen molar-refractivity contribution in [3.8, 4) is 0 Å².